The Labute approximate surface area is 106 Å². The van der Waals surface area contributed by atoms with Gasteiger partial charge in [0.1, 0.15) is 5.82 Å². The highest BCUT2D eigenvalue weighted by Crippen LogP contribution is 2.17. The Kier molecular flexibility index (Phi) is 3.92. The lowest BCUT2D eigenvalue weighted by Crippen LogP contribution is -2.40. The van der Waals surface area contributed by atoms with Crippen molar-refractivity contribution in [2.24, 2.45) is 0 Å². The van der Waals surface area contributed by atoms with E-state index in [0.717, 1.165) is 18.2 Å². The van der Waals surface area contributed by atoms with Crippen molar-refractivity contribution in [3.05, 3.63) is 29.6 Å². The molecule has 0 unspecified atom stereocenters. The van der Waals surface area contributed by atoms with Crippen molar-refractivity contribution in [1.82, 2.24) is 4.72 Å². The zero-order chi connectivity index (χ0) is 14.1. The molecule has 0 fully saturated rings. The van der Waals surface area contributed by atoms with Crippen molar-refractivity contribution < 1.29 is 17.6 Å². The minimum Gasteiger partial charge on any atom is -0.294 e. The number of Topliss-reactive ketones (excluding diaryl/α,β-unsaturated/α-hetero) is 1. The molecule has 0 saturated carbocycles. The van der Waals surface area contributed by atoms with Crippen LogP contribution in [0.2, 0.25) is 0 Å². The third kappa shape index (κ3) is 3.61. The maximum Gasteiger partial charge on any atom is 0.241 e. The highest BCUT2D eigenvalue weighted by atomic mass is 32.2. The predicted molar refractivity (Wildman–Crippen MR) is 66.5 cm³/mol. The third-order valence-electron chi connectivity index (χ3n) is 2.07. The molecule has 0 aliphatic heterocycles. The molecule has 0 aromatic heterocycles. The quantitative estimate of drug-likeness (QED) is 0.858. The molecule has 0 aliphatic carbocycles. The number of hydrogen-bond donors (Lipinski definition) is 1. The summed E-state index contributed by atoms with van der Waals surface area (Å²) >= 11 is 0. The first-order valence-electron chi connectivity index (χ1n) is 5.37. The van der Waals surface area contributed by atoms with E-state index in [1.807, 2.05) is 0 Å². The van der Waals surface area contributed by atoms with E-state index in [2.05, 4.69) is 4.72 Å². The van der Waals surface area contributed by atoms with Crippen molar-refractivity contribution in [2.75, 3.05) is 0 Å². The van der Waals surface area contributed by atoms with E-state index in [0.29, 0.717) is 0 Å². The zero-order valence-corrected chi connectivity index (χ0v) is 11.6. The number of rotatable bonds is 3. The monoisotopic (exact) mass is 273 g/mol. The van der Waals surface area contributed by atoms with Crippen LogP contribution in [0.15, 0.2) is 23.1 Å². The second-order valence-electron chi connectivity index (χ2n) is 5.05. The number of nitrogens with one attached hydrogen (secondary N) is 1. The fourth-order valence-electron chi connectivity index (χ4n) is 1.40. The Morgan fingerprint density at radius 2 is 1.83 bits per heavy atom. The van der Waals surface area contributed by atoms with Crippen LogP contribution >= 0.6 is 0 Å². The number of carbonyl (C=O) groups is 1. The molecule has 100 valence electrons. The van der Waals surface area contributed by atoms with Gasteiger partial charge in [0.05, 0.1) is 10.5 Å². The number of carbonyl (C=O) groups excluding carboxylic acids is 1. The van der Waals surface area contributed by atoms with E-state index in [9.17, 15) is 17.6 Å². The number of ketones is 1. The Bertz CT molecular complexity index is 573. The van der Waals surface area contributed by atoms with Crippen molar-refractivity contribution in [2.45, 2.75) is 38.1 Å². The van der Waals surface area contributed by atoms with Gasteiger partial charge in [-0.15, -0.1) is 0 Å². The van der Waals surface area contributed by atoms with Crippen LogP contribution in [0.5, 0.6) is 0 Å². The maximum absolute atomic E-state index is 13.3. The summed E-state index contributed by atoms with van der Waals surface area (Å²) in [5.41, 5.74) is -0.879. The molecule has 0 heterocycles. The van der Waals surface area contributed by atoms with Crippen LogP contribution in [0.4, 0.5) is 4.39 Å². The molecule has 6 heteroatoms. The summed E-state index contributed by atoms with van der Waals surface area (Å²) < 4.78 is 39.7. The largest absolute Gasteiger partial charge is 0.294 e. The van der Waals surface area contributed by atoms with Gasteiger partial charge in [0.2, 0.25) is 10.0 Å². The van der Waals surface area contributed by atoms with Crippen LogP contribution in [0.1, 0.15) is 38.1 Å². The minimum atomic E-state index is -3.76. The van der Waals surface area contributed by atoms with Crippen molar-refractivity contribution in [3.8, 4) is 0 Å². The number of benzene rings is 1. The summed E-state index contributed by atoms with van der Waals surface area (Å²) in [6.45, 7) is 6.27. The van der Waals surface area contributed by atoms with Gasteiger partial charge in [-0.2, -0.15) is 0 Å². The normalized spacial score (nSPS) is 12.5. The van der Waals surface area contributed by atoms with Gasteiger partial charge in [0.25, 0.3) is 0 Å². The van der Waals surface area contributed by atoms with E-state index < -0.39 is 27.2 Å². The van der Waals surface area contributed by atoms with Crippen LogP contribution in [-0.4, -0.2) is 19.7 Å². The molecule has 18 heavy (non-hydrogen) atoms. The zero-order valence-electron chi connectivity index (χ0n) is 10.7. The molecule has 1 rings (SSSR count). The van der Waals surface area contributed by atoms with Gasteiger partial charge in [0, 0.05) is 5.54 Å². The molecule has 0 aliphatic rings. The summed E-state index contributed by atoms with van der Waals surface area (Å²) in [5, 5.41) is 0. The highest BCUT2D eigenvalue weighted by Gasteiger charge is 2.23. The summed E-state index contributed by atoms with van der Waals surface area (Å²) in [5.74, 6) is -1.24. The minimum absolute atomic E-state index is 0.121. The molecule has 0 atom stereocenters. The fourth-order valence-corrected chi connectivity index (χ4v) is 2.85. The average molecular weight is 273 g/mol. The molecule has 0 saturated heterocycles. The molecule has 0 spiro atoms. The predicted octanol–water partition coefficient (Wildman–Crippen LogP) is 2.11. The topological polar surface area (TPSA) is 63.2 Å². The summed E-state index contributed by atoms with van der Waals surface area (Å²) in [6.07, 6.45) is 0. The summed E-state index contributed by atoms with van der Waals surface area (Å²) in [7, 11) is -3.76. The van der Waals surface area contributed by atoms with Gasteiger partial charge in [-0.1, -0.05) is 0 Å². The Balaban J connectivity index is 3.27. The van der Waals surface area contributed by atoms with Gasteiger partial charge in [0.15, 0.2) is 5.78 Å². The summed E-state index contributed by atoms with van der Waals surface area (Å²) in [6, 6.07) is 3.16. The average Bonchev–Trinajstić information content (AvgIpc) is 2.13. The van der Waals surface area contributed by atoms with Crippen LogP contribution in [0.3, 0.4) is 0 Å². The fraction of sp³-hybridized carbons (Fsp3) is 0.417. The van der Waals surface area contributed by atoms with Crippen LogP contribution in [0, 0.1) is 5.82 Å². The van der Waals surface area contributed by atoms with E-state index >= 15 is 0 Å². The highest BCUT2D eigenvalue weighted by molar-refractivity contribution is 7.89. The van der Waals surface area contributed by atoms with Gasteiger partial charge in [-0.3, -0.25) is 4.79 Å². The molecule has 4 nitrogen and oxygen atoms in total. The van der Waals surface area contributed by atoms with E-state index in [1.54, 1.807) is 20.8 Å². The number of halogens is 1. The first-order chi connectivity index (χ1) is 8.03. The van der Waals surface area contributed by atoms with E-state index in [-0.39, 0.29) is 10.5 Å². The molecule has 1 aromatic rings. The molecular weight excluding hydrogens is 257 g/mol. The van der Waals surface area contributed by atoms with E-state index in [1.165, 1.54) is 6.92 Å². The lowest BCUT2D eigenvalue weighted by Gasteiger charge is -2.20. The third-order valence-corrected chi connectivity index (χ3v) is 3.82. The maximum atomic E-state index is 13.3. The molecule has 1 aromatic carbocycles. The van der Waals surface area contributed by atoms with Crippen LogP contribution < -0.4 is 4.72 Å². The molecule has 1 N–H and O–H groups in total. The number of sulfonamides is 1. The van der Waals surface area contributed by atoms with E-state index in [4.69, 9.17) is 0 Å². The van der Waals surface area contributed by atoms with Crippen molar-refractivity contribution >= 4 is 15.8 Å². The lowest BCUT2D eigenvalue weighted by atomic mass is 10.1. The second kappa shape index (κ2) is 4.78. The molecular formula is C12H16FNO3S. The second-order valence-corrected chi connectivity index (χ2v) is 6.74. The van der Waals surface area contributed by atoms with Crippen LogP contribution in [0.25, 0.3) is 0 Å². The molecule has 0 radical (unpaired) electrons. The van der Waals surface area contributed by atoms with Gasteiger partial charge in [-0.05, 0) is 45.9 Å². The molecule has 0 amide bonds. The first kappa shape index (κ1) is 14.8. The number of hydrogen-bond acceptors (Lipinski definition) is 3. The summed E-state index contributed by atoms with van der Waals surface area (Å²) in [4.78, 5) is 11.1. The smallest absolute Gasteiger partial charge is 0.241 e. The Morgan fingerprint density at radius 3 is 2.28 bits per heavy atom. The lowest BCUT2D eigenvalue weighted by molar-refractivity contribution is 0.101. The van der Waals surface area contributed by atoms with Crippen molar-refractivity contribution in [1.29, 1.82) is 0 Å². The van der Waals surface area contributed by atoms with Gasteiger partial charge in [-0.25, -0.2) is 17.5 Å². The molecule has 0 bridgehead atoms. The van der Waals surface area contributed by atoms with Gasteiger partial charge >= 0.3 is 0 Å². The standard InChI is InChI=1S/C12H16FNO3S/c1-8(15)10-7-9(5-6-11(10)13)18(16,17)14-12(2,3)4/h5-7,14H,1-4H3. The SMILES string of the molecule is CC(=O)c1cc(S(=O)(=O)NC(C)(C)C)ccc1F. The van der Waals surface area contributed by atoms with Gasteiger partial charge < -0.3 is 0 Å². The Morgan fingerprint density at radius 1 is 1.28 bits per heavy atom. The van der Waals surface area contributed by atoms with Crippen molar-refractivity contribution in [3.63, 3.8) is 0 Å². The Hall–Kier alpha value is -1.27. The first-order valence-corrected chi connectivity index (χ1v) is 6.86. The van der Waals surface area contributed by atoms with Crippen LogP contribution in [-0.2, 0) is 10.0 Å².